The van der Waals surface area contributed by atoms with E-state index in [1.807, 2.05) is 67.6 Å². The Morgan fingerprint density at radius 2 is 1.19 bits per heavy atom. The van der Waals surface area contributed by atoms with Gasteiger partial charge in [-0.15, -0.1) is 0 Å². The van der Waals surface area contributed by atoms with Crippen molar-refractivity contribution < 1.29 is 13.2 Å². The smallest absolute Gasteiger partial charge is 0.210 e. The predicted octanol–water partition coefficient (Wildman–Crippen LogP) is 5.14. The van der Waals surface area contributed by atoms with Crippen LogP contribution in [-0.4, -0.2) is 15.5 Å². The van der Waals surface area contributed by atoms with Crippen LogP contribution in [0.5, 0.6) is 5.75 Å². The summed E-state index contributed by atoms with van der Waals surface area (Å²) in [6.45, 7) is 1.93. The maximum absolute atomic E-state index is 13.5. The van der Waals surface area contributed by atoms with Gasteiger partial charge in [0.2, 0.25) is 9.84 Å². The molecule has 0 atom stereocenters. The number of hydrogen-bond acceptors (Lipinski definition) is 3. The quantitative estimate of drug-likeness (QED) is 0.474. The maximum atomic E-state index is 13.5. The Hall–Kier alpha value is -2.85. The van der Waals surface area contributed by atoms with Crippen molar-refractivity contribution in [2.75, 3.05) is 7.11 Å². The molecule has 26 heavy (non-hydrogen) atoms. The molecule has 0 aliphatic heterocycles. The normalized spacial score (nSPS) is 11.8. The molecular weight excluding hydrogens is 344 g/mol. The highest BCUT2D eigenvalue weighted by Gasteiger charge is 2.27. The summed E-state index contributed by atoms with van der Waals surface area (Å²) in [7, 11) is -2.22. The Morgan fingerprint density at radius 1 is 0.692 bits per heavy atom. The highest BCUT2D eigenvalue weighted by molar-refractivity contribution is 7.91. The van der Waals surface area contributed by atoms with Crippen LogP contribution >= 0.6 is 0 Å². The average molecular weight is 362 g/mol. The predicted molar refractivity (Wildman–Crippen MR) is 105 cm³/mol. The van der Waals surface area contributed by atoms with Crippen molar-refractivity contribution in [1.29, 1.82) is 0 Å². The third-order valence-electron chi connectivity index (χ3n) is 4.64. The second-order valence-electron chi connectivity index (χ2n) is 6.27. The molecule has 4 aromatic rings. The van der Waals surface area contributed by atoms with Gasteiger partial charge in [0.05, 0.1) is 12.0 Å². The largest absolute Gasteiger partial charge is 0.495 e. The van der Waals surface area contributed by atoms with Gasteiger partial charge in [0.15, 0.2) is 0 Å². The summed E-state index contributed by atoms with van der Waals surface area (Å²) in [5, 5.41) is 3.33. The van der Waals surface area contributed by atoms with Crippen LogP contribution in [0.3, 0.4) is 0 Å². The molecule has 0 unspecified atom stereocenters. The summed E-state index contributed by atoms with van der Waals surface area (Å²) in [5.74, 6) is 0.389. The highest BCUT2D eigenvalue weighted by Crippen LogP contribution is 2.42. The molecule has 0 saturated heterocycles. The van der Waals surface area contributed by atoms with E-state index in [9.17, 15) is 8.42 Å². The molecule has 0 bridgehead atoms. The topological polar surface area (TPSA) is 43.4 Å². The molecule has 0 aromatic heterocycles. The minimum Gasteiger partial charge on any atom is -0.495 e. The zero-order chi connectivity index (χ0) is 18.3. The molecule has 4 aromatic carbocycles. The summed E-state index contributed by atoms with van der Waals surface area (Å²) in [6.07, 6.45) is 0. The minimum atomic E-state index is -3.74. The molecule has 0 heterocycles. The zero-order valence-electron chi connectivity index (χ0n) is 14.6. The summed E-state index contributed by atoms with van der Waals surface area (Å²) >= 11 is 0. The van der Waals surface area contributed by atoms with Gasteiger partial charge in [-0.25, -0.2) is 8.42 Å². The van der Waals surface area contributed by atoms with Gasteiger partial charge < -0.3 is 4.74 Å². The van der Waals surface area contributed by atoms with E-state index in [0.717, 1.165) is 21.7 Å². The Balaban J connectivity index is 2.19. The molecule has 0 aliphatic carbocycles. The zero-order valence-corrected chi connectivity index (χ0v) is 15.4. The van der Waals surface area contributed by atoms with Gasteiger partial charge in [0.25, 0.3) is 0 Å². The van der Waals surface area contributed by atoms with Gasteiger partial charge in [-0.05, 0) is 29.8 Å². The standard InChI is InChI=1S/C22H18O3S/c1-15-11-13-16(14-12-15)26(23,24)22-20-10-6-4-8-18(20)17-7-3-5-9-19(17)21(22)25-2/h3-14H,1-2H3. The lowest BCUT2D eigenvalue weighted by Gasteiger charge is -2.16. The number of hydrogen-bond donors (Lipinski definition) is 0. The number of benzene rings is 4. The Morgan fingerprint density at radius 3 is 1.77 bits per heavy atom. The molecule has 4 rings (SSSR count). The van der Waals surface area contributed by atoms with E-state index < -0.39 is 9.84 Å². The van der Waals surface area contributed by atoms with E-state index in [2.05, 4.69) is 0 Å². The highest BCUT2D eigenvalue weighted by atomic mass is 32.2. The van der Waals surface area contributed by atoms with Crippen LogP contribution in [0.15, 0.2) is 82.6 Å². The van der Waals surface area contributed by atoms with Crippen molar-refractivity contribution in [1.82, 2.24) is 0 Å². The first-order valence-corrected chi connectivity index (χ1v) is 9.81. The van der Waals surface area contributed by atoms with Gasteiger partial charge in [0.1, 0.15) is 10.6 Å². The fourth-order valence-electron chi connectivity index (χ4n) is 3.38. The van der Waals surface area contributed by atoms with Crippen LogP contribution in [0.2, 0.25) is 0 Å². The molecule has 0 spiro atoms. The van der Waals surface area contributed by atoms with Gasteiger partial charge in [-0.3, -0.25) is 0 Å². The third-order valence-corrected chi connectivity index (χ3v) is 6.48. The van der Waals surface area contributed by atoms with Gasteiger partial charge in [-0.1, -0.05) is 66.2 Å². The lowest BCUT2D eigenvalue weighted by molar-refractivity contribution is 0.409. The summed E-state index contributed by atoms with van der Waals surface area (Å²) in [5.41, 5.74) is 1.01. The van der Waals surface area contributed by atoms with E-state index >= 15 is 0 Å². The summed E-state index contributed by atoms with van der Waals surface area (Å²) < 4.78 is 32.6. The number of rotatable bonds is 3. The number of ether oxygens (including phenoxy) is 1. The Kier molecular flexibility index (Phi) is 3.93. The monoisotopic (exact) mass is 362 g/mol. The Labute approximate surface area is 152 Å². The van der Waals surface area contributed by atoms with Crippen molar-refractivity contribution in [2.45, 2.75) is 16.7 Å². The lowest BCUT2D eigenvalue weighted by atomic mass is 10.0. The van der Waals surface area contributed by atoms with Crippen molar-refractivity contribution in [3.8, 4) is 5.75 Å². The molecule has 130 valence electrons. The van der Waals surface area contributed by atoms with E-state index in [0.29, 0.717) is 11.1 Å². The third kappa shape index (κ3) is 2.45. The molecule has 3 nitrogen and oxygen atoms in total. The first-order valence-electron chi connectivity index (χ1n) is 8.33. The van der Waals surface area contributed by atoms with Crippen LogP contribution in [0.25, 0.3) is 21.5 Å². The maximum Gasteiger partial charge on any atom is 0.210 e. The minimum absolute atomic E-state index is 0.221. The van der Waals surface area contributed by atoms with Gasteiger partial charge >= 0.3 is 0 Å². The van der Waals surface area contributed by atoms with Crippen LogP contribution in [0, 0.1) is 6.92 Å². The average Bonchev–Trinajstić information content (AvgIpc) is 2.67. The van der Waals surface area contributed by atoms with Crippen LogP contribution in [-0.2, 0) is 9.84 Å². The number of aryl methyl sites for hydroxylation is 1. The molecule has 0 fully saturated rings. The second-order valence-corrected chi connectivity index (χ2v) is 8.16. The molecule has 4 heteroatoms. The van der Waals surface area contributed by atoms with Gasteiger partial charge in [0, 0.05) is 10.8 Å². The van der Waals surface area contributed by atoms with E-state index in [1.165, 1.54) is 7.11 Å². The summed E-state index contributed by atoms with van der Waals surface area (Å²) in [6, 6.07) is 22.2. The van der Waals surface area contributed by atoms with Crippen LogP contribution in [0.1, 0.15) is 5.56 Å². The molecule has 0 amide bonds. The number of fused-ring (bicyclic) bond motifs is 3. The first-order chi connectivity index (χ1) is 12.5. The van der Waals surface area contributed by atoms with Crippen molar-refractivity contribution in [2.24, 2.45) is 0 Å². The van der Waals surface area contributed by atoms with E-state index in [4.69, 9.17) is 4.74 Å². The number of sulfone groups is 1. The van der Waals surface area contributed by atoms with Crippen molar-refractivity contribution in [3.05, 3.63) is 78.4 Å². The molecule has 0 radical (unpaired) electrons. The fourth-order valence-corrected chi connectivity index (χ4v) is 5.02. The Bertz CT molecular complexity index is 1220. The number of methoxy groups -OCH3 is 1. The summed E-state index contributed by atoms with van der Waals surface area (Å²) in [4.78, 5) is 0.486. The molecular formula is C22H18O3S. The lowest BCUT2D eigenvalue weighted by Crippen LogP contribution is -2.06. The molecule has 0 aliphatic rings. The second kappa shape index (κ2) is 6.15. The molecule has 0 saturated carbocycles. The van der Waals surface area contributed by atoms with Crippen molar-refractivity contribution in [3.63, 3.8) is 0 Å². The first kappa shape index (κ1) is 16.6. The fraction of sp³-hybridized carbons (Fsp3) is 0.0909. The van der Waals surface area contributed by atoms with E-state index in [-0.39, 0.29) is 9.79 Å². The SMILES string of the molecule is COc1c(S(=O)(=O)c2ccc(C)cc2)c2ccccc2c2ccccc12. The van der Waals surface area contributed by atoms with E-state index in [1.54, 1.807) is 12.1 Å². The molecule has 0 N–H and O–H groups in total. The van der Waals surface area contributed by atoms with Gasteiger partial charge in [-0.2, -0.15) is 0 Å². The van der Waals surface area contributed by atoms with Crippen LogP contribution in [0.4, 0.5) is 0 Å². The van der Waals surface area contributed by atoms with Crippen molar-refractivity contribution >= 4 is 31.4 Å². The van der Waals surface area contributed by atoms with Crippen LogP contribution < -0.4 is 4.74 Å².